The van der Waals surface area contributed by atoms with Crippen LogP contribution in [0.3, 0.4) is 0 Å². The second-order valence-electron chi connectivity index (χ2n) is 9.16. The van der Waals surface area contributed by atoms with E-state index in [-0.39, 0.29) is 18.1 Å². The Kier molecular flexibility index (Phi) is 6.23. The number of hydrogen-bond donors (Lipinski definition) is 1. The highest BCUT2D eigenvalue weighted by atomic mass is 16.5. The number of carbonyl (C=O) groups is 1. The van der Waals surface area contributed by atoms with Crippen LogP contribution in [0.15, 0.2) is 54.9 Å². The van der Waals surface area contributed by atoms with Crippen LogP contribution in [0, 0.1) is 5.92 Å². The van der Waals surface area contributed by atoms with Crippen LogP contribution in [-0.2, 0) is 23.1 Å². The van der Waals surface area contributed by atoms with Gasteiger partial charge in [-0.3, -0.25) is 14.7 Å². The van der Waals surface area contributed by atoms with Gasteiger partial charge in [-0.25, -0.2) is 0 Å². The zero-order valence-electron chi connectivity index (χ0n) is 18.7. The van der Waals surface area contributed by atoms with Crippen LogP contribution < -0.4 is 5.32 Å². The van der Waals surface area contributed by atoms with E-state index >= 15 is 0 Å². The largest absolute Gasteiger partial charge is 0.368 e. The molecule has 0 spiro atoms. The van der Waals surface area contributed by atoms with Gasteiger partial charge in [0, 0.05) is 50.0 Å². The summed E-state index contributed by atoms with van der Waals surface area (Å²) >= 11 is 0. The van der Waals surface area contributed by atoms with Crippen molar-refractivity contribution < 1.29 is 9.53 Å². The highest BCUT2D eigenvalue weighted by Crippen LogP contribution is 2.31. The Morgan fingerprint density at radius 1 is 1.19 bits per heavy atom. The average molecular weight is 433 g/mol. The maximum absolute atomic E-state index is 12.9. The van der Waals surface area contributed by atoms with Crippen molar-refractivity contribution in [3.8, 4) is 0 Å². The van der Waals surface area contributed by atoms with Gasteiger partial charge in [0.25, 0.3) is 0 Å². The second-order valence-corrected chi connectivity index (χ2v) is 9.16. The van der Waals surface area contributed by atoms with Gasteiger partial charge in [0.05, 0.1) is 11.7 Å². The van der Waals surface area contributed by atoms with E-state index in [1.54, 1.807) is 0 Å². The molecule has 0 unspecified atom stereocenters. The van der Waals surface area contributed by atoms with Crippen LogP contribution >= 0.6 is 0 Å². The molecular weight excluding hydrogens is 400 g/mol. The number of likely N-dealkylation sites (tertiary alicyclic amines) is 1. The summed E-state index contributed by atoms with van der Waals surface area (Å²) < 4.78 is 7.85. The molecule has 1 N–H and O–H groups in total. The van der Waals surface area contributed by atoms with E-state index in [9.17, 15) is 4.79 Å². The van der Waals surface area contributed by atoms with Crippen molar-refractivity contribution in [3.05, 3.63) is 66.1 Å². The number of hydrogen-bond acceptors (Lipinski definition) is 4. The third kappa shape index (κ3) is 4.43. The number of aryl methyl sites for hydroxylation is 1. The first kappa shape index (κ1) is 21.2. The van der Waals surface area contributed by atoms with Crippen molar-refractivity contribution in [2.45, 2.75) is 44.4 Å². The Bertz CT molecular complexity index is 1060. The molecule has 1 aromatic carbocycles. The van der Waals surface area contributed by atoms with E-state index < -0.39 is 0 Å². The smallest absolute Gasteiger partial charge is 0.249 e. The van der Waals surface area contributed by atoms with Gasteiger partial charge in [0.1, 0.15) is 6.10 Å². The first-order valence-corrected chi connectivity index (χ1v) is 11.8. The molecule has 0 radical (unpaired) electrons. The summed E-state index contributed by atoms with van der Waals surface area (Å²) in [4.78, 5) is 20.1. The van der Waals surface area contributed by atoms with Crippen molar-refractivity contribution in [1.29, 1.82) is 0 Å². The molecule has 168 valence electrons. The van der Waals surface area contributed by atoms with Crippen molar-refractivity contribution in [2.75, 3.05) is 19.7 Å². The Labute approximate surface area is 189 Å². The number of pyridine rings is 1. The lowest BCUT2D eigenvalue weighted by Crippen LogP contribution is -2.45. The van der Waals surface area contributed by atoms with Crippen molar-refractivity contribution in [2.24, 2.45) is 13.0 Å². The number of rotatable bonds is 6. The second kappa shape index (κ2) is 9.43. The number of carbonyl (C=O) groups excluding carboxylic acids is 1. The minimum Gasteiger partial charge on any atom is -0.368 e. The van der Waals surface area contributed by atoms with E-state index in [1.807, 2.05) is 24.4 Å². The summed E-state index contributed by atoms with van der Waals surface area (Å²) in [6.07, 6.45) is 7.71. The highest BCUT2D eigenvalue weighted by molar-refractivity contribution is 5.84. The van der Waals surface area contributed by atoms with Crippen LogP contribution in [0.2, 0.25) is 0 Å². The molecule has 2 aliphatic heterocycles. The molecule has 2 aromatic heterocycles. The molecule has 32 heavy (non-hydrogen) atoms. The van der Waals surface area contributed by atoms with Crippen LogP contribution in [0.25, 0.3) is 10.9 Å². The van der Waals surface area contributed by atoms with Crippen molar-refractivity contribution in [3.63, 3.8) is 0 Å². The lowest BCUT2D eigenvalue weighted by Gasteiger charge is -2.37. The van der Waals surface area contributed by atoms with Crippen LogP contribution in [0.5, 0.6) is 0 Å². The number of ether oxygens (including phenoxy) is 1. The molecule has 1 amide bonds. The summed E-state index contributed by atoms with van der Waals surface area (Å²) in [5, 5.41) is 4.63. The third-order valence-electron chi connectivity index (χ3n) is 6.91. The minimum absolute atomic E-state index is 0.00401. The minimum atomic E-state index is -0.323. The molecule has 0 saturated carbocycles. The number of benzene rings is 1. The van der Waals surface area contributed by atoms with Gasteiger partial charge < -0.3 is 14.6 Å². The first-order valence-electron chi connectivity index (χ1n) is 11.8. The van der Waals surface area contributed by atoms with E-state index in [1.165, 1.54) is 16.5 Å². The fraction of sp³-hybridized carbons (Fsp3) is 0.462. The van der Waals surface area contributed by atoms with Crippen LogP contribution in [0.4, 0.5) is 0 Å². The number of nitrogens with zero attached hydrogens (tertiary/aromatic N) is 3. The molecule has 6 nitrogen and oxygen atoms in total. The number of aromatic nitrogens is 2. The van der Waals surface area contributed by atoms with E-state index in [0.717, 1.165) is 51.0 Å². The monoisotopic (exact) mass is 432 g/mol. The van der Waals surface area contributed by atoms with Crippen molar-refractivity contribution in [1.82, 2.24) is 19.8 Å². The topological polar surface area (TPSA) is 59.4 Å². The highest BCUT2D eigenvalue weighted by Gasteiger charge is 2.33. The van der Waals surface area contributed by atoms with Gasteiger partial charge in [-0.15, -0.1) is 0 Å². The normalized spacial score (nSPS) is 22.8. The molecule has 0 aliphatic carbocycles. The van der Waals surface area contributed by atoms with Crippen LogP contribution in [-0.4, -0.2) is 46.2 Å². The molecule has 3 atom stereocenters. The van der Waals surface area contributed by atoms with Gasteiger partial charge in [-0.05, 0) is 61.9 Å². The molecule has 2 aliphatic rings. The van der Waals surface area contributed by atoms with E-state index in [4.69, 9.17) is 4.74 Å². The zero-order valence-corrected chi connectivity index (χ0v) is 18.7. The number of piperidine rings is 1. The standard InChI is InChI=1S/C26H32N4O2/c1-29-16-20(21-9-2-3-11-23(21)29)18-30-14-6-8-19(17-30)25(22-10-4-5-13-27-22)28-26(31)24-12-7-15-32-24/h2-5,9-11,13,16,19,24-25H,6-8,12,14-15,17-18H2,1H3,(H,28,31)/t19-,24-,25-/m0/s1. The van der Waals surface area contributed by atoms with Crippen LogP contribution in [0.1, 0.15) is 43.0 Å². The SMILES string of the molecule is Cn1cc(CN2CCC[C@H]([C@H](NC(=O)[C@@H]3CCCO3)c3ccccn3)C2)c2ccccc21. The summed E-state index contributed by atoms with van der Waals surface area (Å²) in [6.45, 7) is 3.62. The first-order chi connectivity index (χ1) is 15.7. The maximum atomic E-state index is 12.9. The Balaban J connectivity index is 1.34. The molecule has 6 heteroatoms. The molecule has 2 saturated heterocycles. The number of amides is 1. The van der Waals surface area contributed by atoms with Gasteiger partial charge in [0.15, 0.2) is 0 Å². The van der Waals surface area contributed by atoms with Gasteiger partial charge in [0.2, 0.25) is 5.91 Å². The summed E-state index contributed by atoms with van der Waals surface area (Å²) in [5.41, 5.74) is 3.57. The predicted octanol–water partition coefficient (Wildman–Crippen LogP) is 3.82. The molecule has 0 bridgehead atoms. The quantitative estimate of drug-likeness (QED) is 0.643. The van der Waals surface area contributed by atoms with Crippen molar-refractivity contribution >= 4 is 16.8 Å². The molecule has 2 fully saturated rings. The fourth-order valence-electron chi connectivity index (χ4n) is 5.32. The van der Waals surface area contributed by atoms with Gasteiger partial charge in [-0.2, -0.15) is 0 Å². The lowest BCUT2D eigenvalue weighted by atomic mass is 9.88. The molecule has 5 rings (SSSR count). The Morgan fingerprint density at radius 2 is 2.06 bits per heavy atom. The van der Waals surface area contributed by atoms with E-state index in [2.05, 4.69) is 57.3 Å². The maximum Gasteiger partial charge on any atom is 0.249 e. The Morgan fingerprint density at radius 3 is 2.88 bits per heavy atom. The summed E-state index contributed by atoms with van der Waals surface area (Å²) in [6, 6.07) is 14.5. The molecule has 3 aromatic rings. The third-order valence-corrected chi connectivity index (χ3v) is 6.91. The molecular formula is C26H32N4O2. The lowest BCUT2D eigenvalue weighted by molar-refractivity contribution is -0.131. The average Bonchev–Trinajstić information content (AvgIpc) is 3.47. The Hall–Kier alpha value is -2.70. The zero-order chi connectivity index (χ0) is 21.9. The van der Waals surface area contributed by atoms with E-state index in [0.29, 0.717) is 12.5 Å². The van der Waals surface area contributed by atoms with Gasteiger partial charge in [-0.1, -0.05) is 24.3 Å². The number of nitrogens with one attached hydrogen (secondary N) is 1. The predicted molar refractivity (Wildman–Crippen MR) is 125 cm³/mol. The summed E-state index contributed by atoms with van der Waals surface area (Å²) in [7, 11) is 2.11. The molecule has 4 heterocycles. The fourth-order valence-corrected chi connectivity index (χ4v) is 5.32. The number of fused-ring (bicyclic) bond motifs is 1. The van der Waals surface area contributed by atoms with Gasteiger partial charge >= 0.3 is 0 Å². The summed E-state index contributed by atoms with van der Waals surface area (Å²) in [5.74, 6) is 0.323. The number of para-hydroxylation sites is 1.